The first-order valence-corrected chi connectivity index (χ1v) is 7.54. The number of nitrogens with two attached hydrogens (primary N) is 1. The van der Waals surface area contributed by atoms with Crippen molar-refractivity contribution in [2.24, 2.45) is 33.1 Å². The maximum Gasteiger partial charge on any atom is 0.234 e. The lowest BCUT2D eigenvalue weighted by Gasteiger charge is -2.34. The lowest BCUT2D eigenvalue weighted by molar-refractivity contribution is -0.131. The van der Waals surface area contributed by atoms with Crippen LogP contribution in [0.2, 0.25) is 0 Å². The number of carbonyl (C=O) groups excluding carboxylic acids is 1. The van der Waals surface area contributed by atoms with Gasteiger partial charge in [-0.25, -0.2) is 0 Å². The van der Waals surface area contributed by atoms with Crippen molar-refractivity contribution in [3.63, 3.8) is 0 Å². The first kappa shape index (κ1) is 16.1. The first-order chi connectivity index (χ1) is 9.70. The summed E-state index contributed by atoms with van der Waals surface area (Å²) in [5.41, 5.74) is 5.31. The molecular weight excluding hydrogens is 270 g/mol. The van der Waals surface area contributed by atoms with Crippen LogP contribution in [0.3, 0.4) is 0 Å². The monoisotopic (exact) mass is 297 g/mol. The minimum absolute atomic E-state index is 0.0161. The summed E-state index contributed by atoms with van der Waals surface area (Å²) in [5, 5.41) is 15.1. The number of carbonyl (C=O) groups is 1. The molecule has 0 aromatic carbocycles. The van der Waals surface area contributed by atoms with E-state index in [1.54, 1.807) is 0 Å². The quantitative estimate of drug-likeness (QED) is 0.315. The summed E-state index contributed by atoms with van der Waals surface area (Å²) in [6.45, 7) is 10.4. The molecule has 1 saturated heterocycles. The number of nitrogens with zero attached hydrogens (tertiary/aromatic N) is 1. The van der Waals surface area contributed by atoms with Gasteiger partial charge >= 0.3 is 0 Å². The number of nitrogens with one attached hydrogen (secondary N) is 1. The molecule has 0 unspecified atom stereocenters. The van der Waals surface area contributed by atoms with Crippen molar-refractivity contribution in [1.82, 2.24) is 5.32 Å². The number of amidine groups is 1. The van der Waals surface area contributed by atoms with Crippen molar-refractivity contribution in [3.05, 3.63) is 0 Å². The molecule has 4 N–H and O–H groups in total. The Bertz CT molecular complexity index is 437. The van der Waals surface area contributed by atoms with Crippen LogP contribution < -0.4 is 11.1 Å². The highest BCUT2D eigenvalue weighted by Crippen LogP contribution is 2.67. The van der Waals surface area contributed by atoms with Gasteiger partial charge in [-0.2, -0.15) is 0 Å². The van der Waals surface area contributed by atoms with E-state index in [-0.39, 0.29) is 22.6 Å². The molecule has 6 heteroatoms. The van der Waals surface area contributed by atoms with E-state index in [1.165, 1.54) is 0 Å². The van der Waals surface area contributed by atoms with Crippen LogP contribution in [0.15, 0.2) is 5.16 Å². The van der Waals surface area contributed by atoms with E-state index in [2.05, 4.69) is 38.2 Å². The zero-order valence-corrected chi connectivity index (χ0v) is 13.4. The Morgan fingerprint density at radius 1 is 1.29 bits per heavy atom. The standard InChI is InChI=1S/C15H27N3O3/c1-13(2)10(14(13,3)4)9-17-12(19)15(11(16)18-20)5-7-21-8-6-15/h10,20H,5-9H2,1-4H3,(H2,16,18)(H,17,19). The van der Waals surface area contributed by atoms with Crippen molar-refractivity contribution >= 4 is 11.7 Å². The fourth-order valence-corrected chi connectivity index (χ4v) is 3.62. The maximum absolute atomic E-state index is 12.6. The average molecular weight is 297 g/mol. The highest BCUT2D eigenvalue weighted by atomic mass is 16.5. The van der Waals surface area contributed by atoms with E-state index in [1.807, 2.05) is 0 Å². The third kappa shape index (κ3) is 2.39. The summed E-state index contributed by atoms with van der Waals surface area (Å²) in [5.74, 6) is 0.273. The van der Waals surface area contributed by atoms with Crippen molar-refractivity contribution in [2.45, 2.75) is 40.5 Å². The third-order valence-corrected chi connectivity index (χ3v) is 6.17. The zero-order chi connectivity index (χ0) is 15.9. The molecule has 2 fully saturated rings. The van der Waals surface area contributed by atoms with Gasteiger partial charge in [-0.15, -0.1) is 0 Å². The second kappa shape index (κ2) is 5.16. The van der Waals surface area contributed by atoms with Crippen LogP contribution in [0.1, 0.15) is 40.5 Å². The SMILES string of the molecule is CC1(C)C(CNC(=O)C2(C(N)=NO)CCOCC2)C1(C)C. The molecule has 0 radical (unpaired) electrons. The predicted molar refractivity (Wildman–Crippen MR) is 80.0 cm³/mol. The van der Waals surface area contributed by atoms with Crippen LogP contribution in [0.25, 0.3) is 0 Å². The second-order valence-electron chi connectivity index (χ2n) is 7.39. The van der Waals surface area contributed by atoms with Crippen molar-refractivity contribution < 1.29 is 14.7 Å². The van der Waals surface area contributed by atoms with Gasteiger partial charge in [-0.1, -0.05) is 32.9 Å². The Kier molecular flexibility index (Phi) is 3.95. The van der Waals surface area contributed by atoms with Gasteiger partial charge in [0.1, 0.15) is 5.41 Å². The molecule has 6 nitrogen and oxygen atoms in total. The summed E-state index contributed by atoms with van der Waals surface area (Å²) in [6, 6.07) is 0. The molecule has 1 aliphatic heterocycles. The van der Waals surface area contributed by atoms with Crippen LogP contribution in [0, 0.1) is 22.2 Å². The first-order valence-electron chi connectivity index (χ1n) is 7.54. The summed E-state index contributed by atoms with van der Waals surface area (Å²) >= 11 is 0. The number of amides is 1. The molecule has 0 spiro atoms. The fourth-order valence-electron chi connectivity index (χ4n) is 3.62. The molecule has 0 bridgehead atoms. The van der Waals surface area contributed by atoms with Crippen LogP contribution in [0.4, 0.5) is 0 Å². The summed E-state index contributed by atoms with van der Waals surface area (Å²) in [7, 11) is 0. The molecule has 21 heavy (non-hydrogen) atoms. The highest BCUT2D eigenvalue weighted by Gasteiger charge is 2.64. The van der Waals surface area contributed by atoms with Gasteiger partial charge in [-0.05, 0) is 29.6 Å². The van der Waals surface area contributed by atoms with Crippen LogP contribution in [0.5, 0.6) is 0 Å². The molecule has 0 aromatic rings. The molecule has 120 valence electrons. The highest BCUT2D eigenvalue weighted by molar-refractivity contribution is 6.06. The van der Waals surface area contributed by atoms with Crippen molar-refractivity contribution in [3.8, 4) is 0 Å². The molecule has 2 rings (SSSR count). The Morgan fingerprint density at radius 2 is 1.81 bits per heavy atom. The fraction of sp³-hybridized carbons (Fsp3) is 0.867. The Labute approximate surface area is 126 Å². The average Bonchev–Trinajstić information content (AvgIpc) is 2.85. The Morgan fingerprint density at radius 3 is 2.24 bits per heavy atom. The Hall–Kier alpha value is -1.30. The zero-order valence-electron chi connectivity index (χ0n) is 13.4. The molecule has 2 aliphatic rings. The molecule has 1 heterocycles. The van der Waals surface area contributed by atoms with Gasteiger partial charge in [0, 0.05) is 19.8 Å². The summed E-state index contributed by atoms with van der Waals surface area (Å²) < 4.78 is 5.30. The second-order valence-corrected chi connectivity index (χ2v) is 7.39. The van der Waals surface area contributed by atoms with Gasteiger partial charge in [0.05, 0.1) is 0 Å². The number of ether oxygens (including phenoxy) is 1. The van der Waals surface area contributed by atoms with Gasteiger partial charge in [0.2, 0.25) is 5.91 Å². The largest absolute Gasteiger partial charge is 0.409 e. The van der Waals surface area contributed by atoms with E-state index in [0.717, 1.165) is 0 Å². The van der Waals surface area contributed by atoms with Crippen molar-refractivity contribution in [2.75, 3.05) is 19.8 Å². The number of hydrogen-bond acceptors (Lipinski definition) is 4. The number of oxime groups is 1. The number of rotatable bonds is 4. The minimum Gasteiger partial charge on any atom is -0.409 e. The van der Waals surface area contributed by atoms with Gasteiger partial charge in [0.25, 0.3) is 0 Å². The van der Waals surface area contributed by atoms with Crippen LogP contribution in [-0.2, 0) is 9.53 Å². The normalized spacial score (nSPS) is 27.1. The third-order valence-electron chi connectivity index (χ3n) is 6.17. The van der Waals surface area contributed by atoms with Crippen LogP contribution >= 0.6 is 0 Å². The van der Waals surface area contributed by atoms with E-state index in [9.17, 15) is 4.79 Å². The summed E-state index contributed by atoms with van der Waals surface area (Å²) in [6.07, 6.45) is 0.901. The van der Waals surface area contributed by atoms with E-state index < -0.39 is 5.41 Å². The molecule has 1 aliphatic carbocycles. The van der Waals surface area contributed by atoms with E-state index in [4.69, 9.17) is 15.7 Å². The number of hydrogen-bond donors (Lipinski definition) is 3. The van der Waals surface area contributed by atoms with Crippen LogP contribution in [-0.4, -0.2) is 36.7 Å². The lowest BCUT2D eigenvalue weighted by atomic mass is 9.78. The predicted octanol–water partition coefficient (Wildman–Crippen LogP) is 1.33. The molecule has 0 aromatic heterocycles. The minimum atomic E-state index is -0.934. The van der Waals surface area contributed by atoms with Crippen molar-refractivity contribution in [1.29, 1.82) is 0 Å². The smallest absolute Gasteiger partial charge is 0.234 e. The maximum atomic E-state index is 12.6. The molecule has 1 amide bonds. The molecular formula is C15H27N3O3. The molecule has 0 atom stereocenters. The Balaban J connectivity index is 2.04. The van der Waals surface area contributed by atoms with E-state index >= 15 is 0 Å². The molecule has 1 saturated carbocycles. The van der Waals surface area contributed by atoms with Gasteiger partial charge in [-0.3, -0.25) is 4.79 Å². The summed E-state index contributed by atoms with van der Waals surface area (Å²) in [4.78, 5) is 12.6. The van der Waals surface area contributed by atoms with E-state index in [0.29, 0.717) is 38.5 Å². The van der Waals surface area contributed by atoms with Gasteiger partial charge in [0.15, 0.2) is 5.84 Å². The lowest BCUT2D eigenvalue weighted by Crippen LogP contribution is -2.53. The topological polar surface area (TPSA) is 96.9 Å². The van der Waals surface area contributed by atoms with Gasteiger partial charge < -0.3 is 21.0 Å².